The molecule has 0 aromatic heterocycles. The highest BCUT2D eigenvalue weighted by molar-refractivity contribution is 9.10. The highest BCUT2D eigenvalue weighted by Gasteiger charge is 2.42. The van der Waals surface area contributed by atoms with E-state index in [1.807, 2.05) is 6.07 Å². The molecule has 13 heavy (non-hydrogen) atoms. The molecule has 0 amide bonds. The van der Waals surface area contributed by atoms with Crippen LogP contribution in [0.4, 0.5) is 0 Å². The van der Waals surface area contributed by atoms with Crippen molar-refractivity contribution in [3.05, 3.63) is 33.8 Å². The van der Waals surface area contributed by atoms with E-state index < -0.39 is 5.60 Å². The Morgan fingerprint density at radius 2 is 2.08 bits per heavy atom. The molecule has 0 heterocycles. The van der Waals surface area contributed by atoms with Crippen LogP contribution >= 0.6 is 15.9 Å². The van der Waals surface area contributed by atoms with Gasteiger partial charge in [0.1, 0.15) is 0 Å². The average Bonchev–Trinajstić information content (AvgIpc) is 2.84. The summed E-state index contributed by atoms with van der Waals surface area (Å²) in [6, 6.07) is 6.24. The lowest BCUT2D eigenvalue weighted by molar-refractivity contribution is 0.151. The topological polar surface area (TPSA) is 20.2 Å². The van der Waals surface area contributed by atoms with Crippen LogP contribution in [0.1, 0.15) is 30.9 Å². The molecule has 1 aromatic carbocycles. The van der Waals surface area contributed by atoms with Gasteiger partial charge in [0.2, 0.25) is 0 Å². The number of aryl methyl sites for hydroxylation is 1. The standard InChI is InChI=1S/C11H13BrO/c1-2-8-5-9(7-10(12)6-8)11(13)3-4-11/h5-7,13H,2-4H2,1H3. The summed E-state index contributed by atoms with van der Waals surface area (Å²) in [6.07, 6.45) is 2.84. The van der Waals surface area contributed by atoms with Gasteiger partial charge in [0.05, 0.1) is 5.60 Å². The first-order chi connectivity index (χ1) is 6.14. The second-order valence-electron chi connectivity index (χ2n) is 3.73. The molecule has 70 valence electrons. The van der Waals surface area contributed by atoms with Gasteiger partial charge in [-0.25, -0.2) is 0 Å². The monoisotopic (exact) mass is 240 g/mol. The van der Waals surface area contributed by atoms with Gasteiger partial charge in [-0.2, -0.15) is 0 Å². The molecule has 1 aliphatic carbocycles. The Balaban J connectivity index is 2.40. The predicted molar refractivity (Wildman–Crippen MR) is 56.7 cm³/mol. The summed E-state index contributed by atoms with van der Waals surface area (Å²) in [5, 5.41) is 9.92. The lowest BCUT2D eigenvalue weighted by Gasteiger charge is -2.10. The molecule has 2 heteroatoms. The third-order valence-electron chi connectivity index (χ3n) is 2.63. The number of rotatable bonds is 2. The SMILES string of the molecule is CCc1cc(Br)cc(C2(O)CC2)c1. The summed E-state index contributed by atoms with van der Waals surface area (Å²) >= 11 is 3.46. The van der Waals surface area contributed by atoms with Crippen molar-refractivity contribution in [2.45, 2.75) is 31.8 Å². The number of aliphatic hydroxyl groups is 1. The molecule has 1 saturated carbocycles. The predicted octanol–water partition coefficient (Wildman–Crippen LogP) is 2.99. The molecule has 0 spiro atoms. The fourth-order valence-corrected chi connectivity index (χ4v) is 2.07. The van der Waals surface area contributed by atoms with Crippen LogP contribution in [0, 0.1) is 0 Å². The normalized spacial score (nSPS) is 18.7. The molecule has 1 aromatic rings. The van der Waals surface area contributed by atoms with E-state index in [1.54, 1.807) is 0 Å². The Kier molecular flexibility index (Phi) is 2.20. The maximum absolute atomic E-state index is 9.92. The van der Waals surface area contributed by atoms with Crippen LogP contribution in [0.2, 0.25) is 0 Å². The molecule has 0 radical (unpaired) electrons. The number of hydrogen-bond acceptors (Lipinski definition) is 1. The summed E-state index contributed by atoms with van der Waals surface area (Å²) in [5.74, 6) is 0. The van der Waals surface area contributed by atoms with E-state index >= 15 is 0 Å². The Hall–Kier alpha value is -0.340. The summed E-state index contributed by atoms with van der Waals surface area (Å²) in [7, 11) is 0. The Labute approximate surface area is 86.9 Å². The van der Waals surface area contributed by atoms with Crippen LogP contribution in [0.5, 0.6) is 0 Å². The van der Waals surface area contributed by atoms with E-state index in [1.165, 1.54) is 5.56 Å². The van der Waals surface area contributed by atoms with Gasteiger partial charge in [-0.05, 0) is 42.5 Å². The molecule has 1 N–H and O–H groups in total. The fourth-order valence-electron chi connectivity index (χ4n) is 1.53. The Morgan fingerprint density at radius 1 is 1.38 bits per heavy atom. The average molecular weight is 241 g/mol. The van der Waals surface area contributed by atoms with E-state index in [9.17, 15) is 5.11 Å². The highest BCUT2D eigenvalue weighted by Crippen LogP contribution is 2.46. The smallest absolute Gasteiger partial charge is 0.0899 e. The van der Waals surface area contributed by atoms with Crippen molar-refractivity contribution >= 4 is 15.9 Å². The molecular formula is C11H13BrO. The summed E-state index contributed by atoms with van der Waals surface area (Å²) in [6.45, 7) is 2.13. The zero-order valence-electron chi connectivity index (χ0n) is 7.68. The Bertz CT molecular complexity index is 329. The van der Waals surface area contributed by atoms with Crippen molar-refractivity contribution in [2.24, 2.45) is 0 Å². The van der Waals surface area contributed by atoms with Crippen molar-refractivity contribution in [3.8, 4) is 0 Å². The molecule has 2 rings (SSSR count). The second-order valence-corrected chi connectivity index (χ2v) is 4.65. The van der Waals surface area contributed by atoms with E-state index in [2.05, 4.69) is 35.0 Å². The van der Waals surface area contributed by atoms with Gasteiger partial charge in [0.15, 0.2) is 0 Å². The highest BCUT2D eigenvalue weighted by atomic mass is 79.9. The van der Waals surface area contributed by atoms with Crippen molar-refractivity contribution in [1.82, 2.24) is 0 Å². The van der Waals surface area contributed by atoms with Crippen LogP contribution in [0.15, 0.2) is 22.7 Å². The first kappa shape index (κ1) is 9.22. The van der Waals surface area contributed by atoms with Gasteiger partial charge in [-0.3, -0.25) is 0 Å². The number of halogens is 1. The zero-order valence-corrected chi connectivity index (χ0v) is 9.26. The molecule has 0 saturated heterocycles. The van der Waals surface area contributed by atoms with Crippen molar-refractivity contribution < 1.29 is 5.11 Å². The maximum Gasteiger partial charge on any atom is 0.0899 e. The van der Waals surface area contributed by atoms with Gasteiger partial charge in [0.25, 0.3) is 0 Å². The number of benzene rings is 1. The van der Waals surface area contributed by atoms with Gasteiger partial charge in [-0.15, -0.1) is 0 Å². The molecule has 0 bridgehead atoms. The van der Waals surface area contributed by atoms with Crippen LogP contribution in [0.25, 0.3) is 0 Å². The van der Waals surface area contributed by atoms with Gasteiger partial charge in [0, 0.05) is 4.47 Å². The van der Waals surface area contributed by atoms with E-state index in [0.717, 1.165) is 29.3 Å². The molecule has 1 fully saturated rings. The summed E-state index contributed by atoms with van der Waals surface area (Å²) < 4.78 is 1.07. The first-order valence-corrected chi connectivity index (χ1v) is 5.46. The van der Waals surface area contributed by atoms with E-state index in [-0.39, 0.29) is 0 Å². The van der Waals surface area contributed by atoms with E-state index in [0.29, 0.717) is 0 Å². The Morgan fingerprint density at radius 3 is 2.62 bits per heavy atom. The molecule has 0 atom stereocenters. The van der Waals surface area contributed by atoms with Gasteiger partial charge >= 0.3 is 0 Å². The lowest BCUT2D eigenvalue weighted by atomic mass is 10.0. The molecule has 1 aliphatic rings. The molecule has 1 nitrogen and oxygen atoms in total. The van der Waals surface area contributed by atoms with Crippen molar-refractivity contribution in [3.63, 3.8) is 0 Å². The van der Waals surface area contributed by atoms with Crippen LogP contribution in [-0.2, 0) is 12.0 Å². The minimum Gasteiger partial charge on any atom is -0.385 e. The van der Waals surface area contributed by atoms with Crippen molar-refractivity contribution in [1.29, 1.82) is 0 Å². The largest absolute Gasteiger partial charge is 0.385 e. The van der Waals surface area contributed by atoms with Gasteiger partial charge < -0.3 is 5.11 Å². The van der Waals surface area contributed by atoms with Gasteiger partial charge in [-0.1, -0.05) is 28.9 Å². The quantitative estimate of drug-likeness (QED) is 0.843. The summed E-state index contributed by atoms with van der Waals surface area (Å²) in [5.41, 5.74) is 1.84. The van der Waals surface area contributed by atoms with Crippen LogP contribution < -0.4 is 0 Å². The van der Waals surface area contributed by atoms with Crippen LogP contribution in [0.3, 0.4) is 0 Å². The minimum atomic E-state index is -0.506. The lowest BCUT2D eigenvalue weighted by Crippen LogP contribution is -2.04. The molecule has 0 unspecified atom stereocenters. The minimum absolute atomic E-state index is 0.506. The second kappa shape index (κ2) is 3.10. The third-order valence-corrected chi connectivity index (χ3v) is 3.08. The molecule has 0 aliphatic heterocycles. The maximum atomic E-state index is 9.92. The van der Waals surface area contributed by atoms with Crippen LogP contribution in [-0.4, -0.2) is 5.11 Å². The summed E-state index contributed by atoms with van der Waals surface area (Å²) in [4.78, 5) is 0. The number of hydrogen-bond donors (Lipinski definition) is 1. The third kappa shape index (κ3) is 1.79. The first-order valence-electron chi connectivity index (χ1n) is 4.66. The zero-order chi connectivity index (χ0) is 9.47. The fraction of sp³-hybridized carbons (Fsp3) is 0.455. The van der Waals surface area contributed by atoms with E-state index in [4.69, 9.17) is 0 Å². The van der Waals surface area contributed by atoms with Crippen molar-refractivity contribution in [2.75, 3.05) is 0 Å². The molecular weight excluding hydrogens is 228 g/mol.